The highest BCUT2D eigenvalue weighted by atomic mass is 35.5. The Morgan fingerprint density at radius 1 is 1.06 bits per heavy atom. The number of anilines is 1. The van der Waals surface area contributed by atoms with Gasteiger partial charge in [0, 0.05) is 35.1 Å². The Balaban J connectivity index is 1.75. The van der Waals surface area contributed by atoms with Crippen LogP contribution >= 0.6 is 11.6 Å². The van der Waals surface area contributed by atoms with E-state index in [-0.39, 0.29) is 0 Å². The lowest BCUT2D eigenvalue weighted by Crippen LogP contribution is -2.19. The lowest BCUT2D eigenvalue weighted by atomic mass is 10.0. The van der Waals surface area contributed by atoms with Gasteiger partial charge in [-0.1, -0.05) is 17.7 Å². The number of nitriles is 1. The standard InChI is InChI=1S/C25H21ClFN5O/c1-14(18-8-15(10-28)4-6-21(18)27)32-23-19-9-16(5-7-22(19)29-13-20(23)26)17-11-30-24(31-12-17)25(2,3)33/h4-9,11-14,33H,1-3H3,(H,29,32)/t14-/m1/s1. The Kier molecular flexibility index (Phi) is 5.98. The van der Waals surface area contributed by atoms with Crippen molar-refractivity contribution in [2.75, 3.05) is 5.32 Å². The number of aliphatic hydroxyl groups is 1. The van der Waals surface area contributed by atoms with E-state index in [1.165, 1.54) is 18.2 Å². The molecule has 2 aromatic heterocycles. The van der Waals surface area contributed by atoms with Crippen molar-refractivity contribution in [1.82, 2.24) is 15.0 Å². The van der Waals surface area contributed by atoms with Gasteiger partial charge in [-0.25, -0.2) is 14.4 Å². The predicted octanol–water partition coefficient (Wildman–Crippen LogP) is 5.76. The molecule has 0 radical (unpaired) electrons. The predicted molar refractivity (Wildman–Crippen MR) is 126 cm³/mol. The Labute approximate surface area is 195 Å². The number of rotatable bonds is 5. The molecule has 0 aliphatic rings. The summed E-state index contributed by atoms with van der Waals surface area (Å²) in [4.78, 5) is 12.9. The van der Waals surface area contributed by atoms with Crippen LogP contribution in [-0.4, -0.2) is 20.1 Å². The zero-order valence-corrected chi connectivity index (χ0v) is 19.0. The van der Waals surface area contributed by atoms with Crippen LogP contribution in [0.2, 0.25) is 5.02 Å². The van der Waals surface area contributed by atoms with Crippen molar-refractivity contribution >= 4 is 28.2 Å². The summed E-state index contributed by atoms with van der Waals surface area (Å²) in [5.41, 5.74) is 2.51. The van der Waals surface area contributed by atoms with E-state index in [0.717, 1.165) is 16.5 Å². The van der Waals surface area contributed by atoms with Crippen molar-refractivity contribution in [1.29, 1.82) is 5.26 Å². The van der Waals surface area contributed by atoms with Crippen LogP contribution in [0.25, 0.3) is 22.0 Å². The number of fused-ring (bicyclic) bond motifs is 1. The van der Waals surface area contributed by atoms with Crippen molar-refractivity contribution < 1.29 is 9.50 Å². The molecule has 8 heteroatoms. The molecule has 6 nitrogen and oxygen atoms in total. The fourth-order valence-corrected chi connectivity index (χ4v) is 3.73. The quantitative estimate of drug-likeness (QED) is 0.392. The molecule has 2 aromatic carbocycles. The summed E-state index contributed by atoms with van der Waals surface area (Å²) in [5.74, 6) is -0.0808. The Morgan fingerprint density at radius 2 is 1.79 bits per heavy atom. The third kappa shape index (κ3) is 4.63. The molecule has 2 heterocycles. The summed E-state index contributed by atoms with van der Waals surface area (Å²) in [6.45, 7) is 5.05. The summed E-state index contributed by atoms with van der Waals surface area (Å²) in [5, 5.41) is 23.7. The van der Waals surface area contributed by atoms with Crippen LogP contribution in [0.1, 0.15) is 43.8 Å². The summed E-state index contributed by atoms with van der Waals surface area (Å²) in [6.07, 6.45) is 4.85. The lowest BCUT2D eigenvalue weighted by Gasteiger charge is -2.19. The second-order valence-electron chi connectivity index (χ2n) is 8.28. The van der Waals surface area contributed by atoms with Crippen molar-refractivity contribution in [3.63, 3.8) is 0 Å². The molecule has 33 heavy (non-hydrogen) atoms. The van der Waals surface area contributed by atoms with Crippen LogP contribution in [0, 0.1) is 17.1 Å². The maximum atomic E-state index is 14.4. The van der Waals surface area contributed by atoms with Crippen molar-refractivity contribution in [3.8, 4) is 17.2 Å². The second kappa shape index (κ2) is 8.74. The van der Waals surface area contributed by atoms with Gasteiger partial charge >= 0.3 is 0 Å². The molecule has 2 N–H and O–H groups in total. The molecule has 0 amide bonds. The number of nitrogens with zero attached hydrogens (tertiary/aromatic N) is 4. The zero-order chi connectivity index (χ0) is 23.8. The van der Waals surface area contributed by atoms with Crippen molar-refractivity contribution in [3.05, 3.63) is 82.8 Å². The number of aromatic nitrogens is 3. The van der Waals surface area contributed by atoms with Crippen molar-refractivity contribution in [2.24, 2.45) is 0 Å². The smallest absolute Gasteiger partial charge is 0.159 e. The summed E-state index contributed by atoms with van der Waals surface area (Å²) >= 11 is 6.48. The van der Waals surface area contributed by atoms with E-state index in [1.54, 1.807) is 39.4 Å². The van der Waals surface area contributed by atoms with Gasteiger partial charge in [-0.3, -0.25) is 4.98 Å². The Hall–Kier alpha value is -3.60. The fourth-order valence-electron chi connectivity index (χ4n) is 3.53. The molecular weight excluding hydrogens is 441 g/mol. The maximum absolute atomic E-state index is 14.4. The first-order chi connectivity index (χ1) is 15.7. The lowest BCUT2D eigenvalue weighted by molar-refractivity contribution is 0.0687. The van der Waals surface area contributed by atoms with Crippen LogP contribution in [0.3, 0.4) is 0 Å². The van der Waals surface area contributed by atoms with Gasteiger partial charge in [0.2, 0.25) is 0 Å². The van der Waals surface area contributed by atoms with Gasteiger partial charge in [-0.2, -0.15) is 5.26 Å². The normalized spacial score (nSPS) is 12.4. The van der Waals surface area contributed by atoms with Gasteiger partial charge in [0.05, 0.1) is 33.9 Å². The van der Waals surface area contributed by atoms with Crippen molar-refractivity contribution in [2.45, 2.75) is 32.4 Å². The van der Waals surface area contributed by atoms with Gasteiger partial charge in [0.25, 0.3) is 0 Å². The minimum Gasteiger partial charge on any atom is -0.382 e. The average Bonchev–Trinajstić information content (AvgIpc) is 2.80. The van der Waals surface area contributed by atoms with Gasteiger partial charge in [0.15, 0.2) is 5.82 Å². The maximum Gasteiger partial charge on any atom is 0.159 e. The van der Waals surface area contributed by atoms with Crippen LogP contribution in [0.5, 0.6) is 0 Å². The molecule has 0 fully saturated rings. The number of benzene rings is 2. The number of halogens is 2. The molecule has 1 atom stereocenters. The number of pyridine rings is 1. The molecule has 0 saturated carbocycles. The SMILES string of the molecule is C[C@@H](Nc1c(Cl)cnc2ccc(-c3cnc(C(C)(C)O)nc3)cc12)c1cc(C#N)ccc1F. The second-order valence-corrected chi connectivity index (χ2v) is 8.69. The molecule has 4 aromatic rings. The molecule has 0 bridgehead atoms. The molecule has 0 saturated heterocycles. The number of nitrogens with one attached hydrogen (secondary N) is 1. The number of hydrogen-bond donors (Lipinski definition) is 2. The van der Waals surface area contributed by atoms with Gasteiger partial charge in [-0.05, 0) is 56.7 Å². The largest absolute Gasteiger partial charge is 0.382 e. The third-order valence-corrected chi connectivity index (χ3v) is 5.59. The minimum absolute atomic E-state index is 0.328. The van der Waals surface area contributed by atoms with E-state index in [4.69, 9.17) is 16.9 Å². The third-order valence-electron chi connectivity index (χ3n) is 5.31. The van der Waals surface area contributed by atoms with Gasteiger partial charge in [0.1, 0.15) is 11.4 Å². The topological polar surface area (TPSA) is 94.7 Å². The summed E-state index contributed by atoms with van der Waals surface area (Å²) < 4.78 is 14.4. The van der Waals surface area contributed by atoms with Gasteiger partial charge < -0.3 is 10.4 Å². The molecule has 4 rings (SSSR count). The van der Waals surface area contributed by atoms with Crippen LogP contribution in [-0.2, 0) is 5.60 Å². The highest BCUT2D eigenvalue weighted by Crippen LogP contribution is 2.35. The Bertz CT molecular complexity index is 1380. The van der Waals surface area contributed by atoms with E-state index in [0.29, 0.717) is 33.2 Å². The molecule has 0 unspecified atom stereocenters. The molecule has 0 spiro atoms. The van der Waals surface area contributed by atoms with Crippen LogP contribution in [0.15, 0.2) is 55.0 Å². The first kappa shape index (κ1) is 22.6. The fraction of sp³-hybridized carbons (Fsp3) is 0.200. The zero-order valence-electron chi connectivity index (χ0n) is 18.3. The first-order valence-corrected chi connectivity index (χ1v) is 10.6. The van der Waals surface area contributed by atoms with Crippen LogP contribution < -0.4 is 5.32 Å². The Morgan fingerprint density at radius 3 is 2.45 bits per heavy atom. The highest BCUT2D eigenvalue weighted by molar-refractivity contribution is 6.34. The van der Waals surface area contributed by atoms with E-state index < -0.39 is 17.5 Å². The number of hydrogen-bond acceptors (Lipinski definition) is 6. The minimum atomic E-state index is -1.13. The summed E-state index contributed by atoms with van der Waals surface area (Å²) in [7, 11) is 0. The van der Waals surface area contributed by atoms with Gasteiger partial charge in [-0.15, -0.1) is 0 Å². The molecule has 0 aliphatic heterocycles. The molecular formula is C25H21ClFN5O. The van der Waals surface area contributed by atoms with Crippen LogP contribution in [0.4, 0.5) is 10.1 Å². The van der Waals surface area contributed by atoms with E-state index in [9.17, 15) is 9.50 Å². The first-order valence-electron chi connectivity index (χ1n) is 10.3. The molecule has 166 valence electrons. The van der Waals surface area contributed by atoms with E-state index >= 15 is 0 Å². The van der Waals surface area contributed by atoms with E-state index in [2.05, 4.69) is 20.3 Å². The molecule has 0 aliphatic carbocycles. The highest BCUT2D eigenvalue weighted by Gasteiger charge is 2.20. The average molecular weight is 462 g/mol. The monoisotopic (exact) mass is 461 g/mol. The van der Waals surface area contributed by atoms with E-state index in [1.807, 2.05) is 24.3 Å². The summed E-state index contributed by atoms with van der Waals surface area (Å²) in [6, 6.07) is 11.5.